The predicted molar refractivity (Wildman–Crippen MR) is 65.2 cm³/mol. The van der Waals surface area contributed by atoms with Gasteiger partial charge in [-0.05, 0) is 0 Å². The third-order valence-corrected chi connectivity index (χ3v) is 1.49. The first-order valence-electron chi connectivity index (χ1n) is 3.83. The van der Waals surface area contributed by atoms with E-state index >= 15 is 0 Å². The van der Waals surface area contributed by atoms with Crippen LogP contribution in [0.5, 0.6) is 0 Å². The number of hydrogen-bond donors (Lipinski definition) is 5. The summed E-state index contributed by atoms with van der Waals surface area (Å²) in [5, 5.41) is 28.6. The first-order chi connectivity index (χ1) is 7.96. The third kappa shape index (κ3) is 13.4. The Morgan fingerprint density at radius 1 is 1.05 bits per heavy atom. The van der Waals surface area contributed by atoms with Gasteiger partial charge in [0.25, 0.3) is 11.4 Å². The minimum absolute atomic E-state index is 0. The van der Waals surface area contributed by atoms with Crippen molar-refractivity contribution in [1.29, 1.82) is 0 Å². The van der Waals surface area contributed by atoms with Crippen molar-refractivity contribution < 1.29 is 60.9 Å². The number of nitro groups is 2. The number of nitro benzene ring substituents is 2. The average molecular weight is 545 g/mol. The summed E-state index contributed by atoms with van der Waals surface area (Å²) in [6, 6.07) is 3.07. The molecule has 10 N–H and O–H groups in total. The number of nitrogens with zero attached hydrogens (tertiary/aromatic N) is 3. The molecular formula is C6H13Cl2N7O6Pt+2. The van der Waals surface area contributed by atoms with Crippen molar-refractivity contribution in [2.45, 2.75) is 0 Å². The Morgan fingerprint density at radius 3 is 1.50 bits per heavy atom. The number of hydrogen-bond acceptors (Lipinski definition) is 10. The van der Waals surface area contributed by atoms with Crippen LogP contribution >= 0.6 is 0 Å². The second-order valence-electron chi connectivity index (χ2n) is 2.48. The van der Waals surface area contributed by atoms with E-state index in [0.717, 1.165) is 18.2 Å². The van der Waals surface area contributed by atoms with Crippen molar-refractivity contribution in [2.75, 3.05) is 5.43 Å². The van der Waals surface area contributed by atoms with Crippen molar-refractivity contribution in [2.24, 2.45) is 11.2 Å². The summed E-state index contributed by atoms with van der Waals surface area (Å²) >= 11 is 0. The van der Waals surface area contributed by atoms with Gasteiger partial charge in [-0.15, -0.1) is 4.91 Å². The summed E-state index contributed by atoms with van der Waals surface area (Å²) in [6.07, 6.45) is 0. The number of non-ortho nitro benzene ring substituents is 2. The molecule has 0 unspecified atom stereocenters. The molecule has 22 heavy (non-hydrogen) atoms. The molecule has 0 saturated heterocycles. The van der Waals surface area contributed by atoms with E-state index < -0.39 is 9.85 Å². The standard InChI is InChI=1S/C6H6N4O4.2ClH.HNO2.2H3N.Pt/c7-8-4-1-5(9(11)12)3-6(2-4)10(13)14;;;2-1-3;;;/h1-3,8H,7H2;2*1H;(H,2,3);2*1H3;/q;;;;;;+4/p-2. The normalized spacial score (nSPS) is 6.59. The summed E-state index contributed by atoms with van der Waals surface area (Å²) in [5.41, 5.74) is 1.46. The molecular weight excluding hydrogens is 532 g/mol. The zero-order valence-corrected chi connectivity index (χ0v) is 14.4. The second kappa shape index (κ2) is 19.4. The van der Waals surface area contributed by atoms with E-state index in [1.807, 2.05) is 0 Å². The fourth-order valence-electron chi connectivity index (χ4n) is 0.889. The van der Waals surface area contributed by atoms with Crippen LogP contribution in [0, 0.1) is 25.1 Å². The Bertz CT molecular complexity index is 421. The molecule has 0 saturated carbocycles. The van der Waals surface area contributed by atoms with Gasteiger partial charge in [0.2, 0.25) is 0 Å². The maximum Gasteiger partial charge on any atom is 4.00 e. The predicted octanol–water partition coefficient (Wildman–Crippen LogP) is -4.74. The monoisotopic (exact) mass is 544 g/mol. The Balaban J connectivity index is -0.0000000742. The molecule has 13 nitrogen and oxygen atoms in total. The van der Waals surface area contributed by atoms with Gasteiger partial charge < -0.3 is 47.7 Å². The number of hydrazine groups is 1. The SMILES string of the molecule is N.N.NNc1cc([N+](=O)[O-])cc([N+](=O)[O-])c1.O=NO.[Cl-].[Cl-].[Pt+4]. The van der Waals surface area contributed by atoms with E-state index in [0.29, 0.717) is 0 Å². The summed E-state index contributed by atoms with van der Waals surface area (Å²) in [6.45, 7) is 0. The van der Waals surface area contributed by atoms with Crippen molar-refractivity contribution in [3.63, 3.8) is 0 Å². The first-order valence-corrected chi connectivity index (χ1v) is 3.83. The third-order valence-electron chi connectivity index (χ3n) is 1.49. The van der Waals surface area contributed by atoms with Gasteiger partial charge in [0.05, 0.1) is 21.6 Å². The summed E-state index contributed by atoms with van der Waals surface area (Å²) in [4.78, 5) is 27.4. The Labute approximate surface area is 150 Å². The quantitative estimate of drug-likeness (QED) is 0.105. The molecule has 0 bridgehead atoms. The fraction of sp³-hybridized carbons (Fsp3) is 0. The van der Waals surface area contributed by atoms with Crippen molar-refractivity contribution in [3.8, 4) is 0 Å². The van der Waals surface area contributed by atoms with E-state index in [1.165, 1.54) is 5.34 Å². The summed E-state index contributed by atoms with van der Waals surface area (Å²) < 4.78 is 0. The van der Waals surface area contributed by atoms with E-state index in [4.69, 9.17) is 16.0 Å². The largest absolute Gasteiger partial charge is 4.00 e. The molecule has 0 aliphatic rings. The zero-order valence-electron chi connectivity index (χ0n) is 10.6. The molecule has 0 fully saturated rings. The molecule has 1 aromatic rings. The van der Waals surface area contributed by atoms with Crippen molar-refractivity contribution in [1.82, 2.24) is 12.3 Å². The van der Waals surface area contributed by atoms with E-state index in [-0.39, 0.29) is 75.2 Å². The molecule has 0 spiro atoms. The topological polar surface area (TPSA) is 244 Å². The molecule has 0 radical (unpaired) electrons. The number of benzene rings is 1. The van der Waals surface area contributed by atoms with Gasteiger partial charge in [-0.2, -0.15) is 0 Å². The Morgan fingerprint density at radius 2 is 1.32 bits per heavy atom. The first kappa shape index (κ1) is 37.0. The molecule has 130 valence electrons. The summed E-state index contributed by atoms with van der Waals surface area (Å²) in [7, 11) is 0. The van der Waals surface area contributed by atoms with E-state index in [9.17, 15) is 20.2 Å². The van der Waals surface area contributed by atoms with Crippen LogP contribution in [0.4, 0.5) is 17.1 Å². The van der Waals surface area contributed by atoms with Crippen LogP contribution in [0.25, 0.3) is 0 Å². The number of halogens is 2. The zero-order chi connectivity index (χ0) is 13.4. The van der Waals surface area contributed by atoms with Crippen molar-refractivity contribution >= 4 is 17.1 Å². The molecule has 0 amide bonds. The minimum atomic E-state index is -0.728. The van der Waals surface area contributed by atoms with Crippen LogP contribution in [-0.4, -0.2) is 15.1 Å². The molecule has 0 aromatic heterocycles. The van der Waals surface area contributed by atoms with Crippen LogP contribution in [0.2, 0.25) is 0 Å². The number of rotatable bonds is 3. The Kier molecular flexibility index (Phi) is 32.6. The Hall–Kier alpha value is -1.63. The fourth-order valence-corrected chi connectivity index (χ4v) is 0.889. The van der Waals surface area contributed by atoms with Gasteiger partial charge in [0, 0.05) is 12.1 Å². The maximum absolute atomic E-state index is 10.4. The molecule has 1 rings (SSSR count). The average Bonchev–Trinajstić information content (AvgIpc) is 2.29. The van der Waals surface area contributed by atoms with Crippen LogP contribution < -0.4 is 48.4 Å². The summed E-state index contributed by atoms with van der Waals surface area (Å²) in [5.74, 6) is 4.99. The van der Waals surface area contributed by atoms with Crippen LogP contribution in [-0.2, 0) is 21.1 Å². The maximum atomic E-state index is 10.4. The van der Waals surface area contributed by atoms with Crippen LogP contribution in [0.1, 0.15) is 0 Å². The molecule has 0 heterocycles. The number of nitrogen functional groups attached to an aromatic ring is 1. The van der Waals surface area contributed by atoms with Crippen molar-refractivity contribution in [3.05, 3.63) is 43.3 Å². The van der Waals surface area contributed by atoms with Gasteiger partial charge in [-0.25, -0.2) is 0 Å². The van der Waals surface area contributed by atoms with Crippen LogP contribution in [0.3, 0.4) is 0 Å². The number of anilines is 1. The van der Waals surface area contributed by atoms with Gasteiger partial charge in [0.15, 0.2) is 5.34 Å². The molecule has 1 aromatic carbocycles. The number of nitrogens with two attached hydrogens (primary N) is 1. The minimum Gasteiger partial charge on any atom is -1.00 e. The van der Waals surface area contributed by atoms with Gasteiger partial charge in [-0.3, -0.25) is 26.1 Å². The van der Waals surface area contributed by atoms with E-state index in [1.54, 1.807) is 0 Å². The smallest absolute Gasteiger partial charge is 1.00 e. The van der Waals surface area contributed by atoms with Crippen LogP contribution in [0.15, 0.2) is 23.5 Å². The van der Waals surface area contributed by atoms with Gasteiger partial charge in [-0.1, -0.05) is 0 Å². The molecule has 0 aliphatic carbocycles. The molecule has 0 atom stereocenters. The molecule has 16 heteroatoms. The molecule has 0 aliphatic heterocycles. The number of nitrogens with one attached hydrogen (secondary N) is 1. The van der Waals surface area contributed by atoms with Gasteiger partial charge in [0.1, 0.15) is 0 Å². The second-order valence-corrected chi connectivity index (χ2v) is 2.48. The van der Waals surface area contributed by atoms with Gasteiger partial charge >= 0.3 is 21.1 Å². The van der Waals surface area contributed by atoms with E-state index in [2.05, 4.69) is 5.43 Å².